The maximum atomic E-state index is 5.52. The summed E-state index contributed by atoms with van der Waals surface area (Å²) in [5.41, 5.74) is 1.67. The number of hydrogen-bond acceptors (Lipinski definition) is 7. The number of hydrogen-bond donors (Lipinski definition) is 1. The summed E-state index contributed by atoms with van der Waals surface area (Å²) in [5.74, 6) is 2.84. The topological polar surface area (TPSA) is 82.3 Å². The van der Waals surface area contributed by atoms with Crippen LogP contribution in [0.5, 0.6) is 5.75 Å². The lowest BCUT2D eigenvalue weighted by Gasteiger charge is -2.18. The highest BCUT2D eigenvalue weighted by molar-refractivity contribution is 5.73. The molecule has 1 N–H and O–H groups in total. The zero-order valence-electron chi connectivity index (χ0n) is 15.2. The normalized spacial score (nSPS) is 16.9. The van der Waals surface area contributed by atoms with Crippen LogP contribution in [0.2, 0.25) is 0 Å². The van der Waals surface area contributed by atoms with E-state index in [2.05, 4.69) is 20.4 Å². The minimum Gasteiger partial charge on any atom is -0.494 e. The van der Waals surface area contributed by atoms with Gasteiger partial charge in [-0.1, -0.05) is 5.16 Å². The van der Waals surface area contributed by atoms with Crippen LogP contribution in [0.4, 0.5) is 11.5 Å². The molecule has 3 heterocycles. The number of ether oxygens (including phenoxy) is 2. The third kappa shape index (κ3) is 4.09. The Labute approximate surface area is 157 Å². The van der Waals surface area contributed by atoms with E-state index in [1.54, 1.807) is 6.20 Å². The molecule has 0 amide bonds. The van der Waals surface area contributed by atoms with Crippen LogP contribution in [-0.2, 0) is 4.74 Å². The average molecular weight is 366 g/mol. The second-order valence-electron chi connectivity index (χ2n) is 6.35. The zero-order valence-corrected chi connectivity index (χ0v) is 15.2. The summed E-state index contributed by atoms with van der Waals surface area (Å²) in [7, 11) is 0. The second kappa shape index (κ2) is 8.18. The summed E-state index contributed by atoms with van der Waals surface area (Å²) in [4.78, 5) is 9.02. The highest BCUT2D eigenvalue weighted by Crippen LogP contribution is 2.30. The Balaban J connectivity index is 1.55. The smallest absolute Gasteiger partial charge is 0.261 e. The van der Waals surface area contributed by atoms with Gasteiger partial charge in [0.25, 0.3) is 5.89 Å². The van der Waals surface area contributed by atoms with Gasteiger partial charge < -0.3 is 19.3 Å². The van der Waals surface area contributed by atoms with E-state index >= 15 is 0 Å². The van der Waals surface area contributed by atoms with Crippen LogP contribution in [0.1, 0.15) is 31.5 Å². The van der Waals surface area contributed by atoms with Crippen LogP contribution < -0.4 is 10.1 Å². The van der Waals surface area contributed by atoms with Gasteiger partial charge in [-0.3, -0.25) is 0 Å². The Bertz CT molecular complexity index is 873. The number of nitrogens with one attached hydrogen (secondary N) is 1. The van der Waals surface area contributed by atoms with Crippen molar-refractivity contribution in [1.82, 2.24) is 15.1 Å². The van der Waals surface area contributed by atoms with Crippen molar-refractivity contribution < 1.29 is 14.0 Å². The van der Waals surface area contributed by atoms with Crippen LogP contribution in [0, 0.1) is 0 Å². The summed E-state index contributed by atoms with van der Waals surface area (Å²) >= 11 is 0. The summed E-state index contributed by atoms with van der Waals surface area (Å²) in [5, 5.41) is 7.47. The number of anilines is 2. The average Bonchev–Trinajstić information content (AvgIpc) is 3.21. The molecule has 0 aliphatic carbocycles. The van der Waals surface area contributed by atoms with Crippen molar-refractivity contribution in [1.29, 1.82) is 0 Å². The van der Waals surface area contributed by atoms with Crippen molar-refractivity contribution in [3.05, 3.63) is 48.4 Å². The van der Waals surface area contributed by atoms with E-state index in [1.807, 2.05) is 43.3 Å². The van der Waals surface area contributed by atoms with Gasteiger partial charge in [0.05, 0.1) is 18.8 Å². The van der Waals surface area contributed by atoms with E-state index in [4.69, 9.17) is 14.0 Å². The molecule has 1 aromatic carbocycles. The van der Waals surface area contributed by atoms with Gasteiger partial charge in [0.1, 0.15) is 11.6 Å². The molecule has 2 aromatic heterocycles. The van der Waals surface area contributed by atoms with Crippen LogP contribution in [0.3, 0.4) is 0 Å². The molecule has 0 saturated carbocycles. The summed E-state index contributed by atoms with van der Waals surface area (Å²) in [6.07, 6.45) is 3.77. The minimum absolute atomic E-state index is 0.190. The predicted octanol–water partition coefficient (Wildman–Crippen LogP) is 4.17. The third-order valence-electron chi connectivity index (χ3n) is 4.43. The molecule has 1 atom stereocenters. The maximum Gasteiger partial charge on any atom is 0.261 e. The standard InChI is InChI=1S/C20H22N4O3/c1-2-26-16-9-7-15(8-10-16)22-19-17(6-3-11-21-19)20-23-18(24-27-20)14-5-4-12-25-13-14/h3,6-11,14H,2,4-5,12-13H2,1H3,(H,21,22). The van der Waals surface area contributed by atoms with Crippen molar-refractivity contribution in [2.24, 2.45) is 0 Å². The van der Waals surface area contributed by atoms with Gasteiger partial charge >= 0.3 is 0 Å². The number of aromatic nitrogens is 3. The fourth-order valence-electron chi connectivity index (χ4n) is 3.07. The minimum atomic E-state index is 0.190. The molecule has 3 aromatic rings. The molecule has 1 fully saturated rings. The van der Waals surface area contributed by atoms with Gasteiger partial charge in [0.2, 0.25) is 0 Å². The van der Waals surface area contributed by atoms with E-state index in [0.717, 1.165) is 36.4 Å². The molecule has 1 aliphatic rings. The van der Waals surface area contributed by atoms with E-state index in [-0.39, 0.29) is 5.92 Å². The molecule has 4 rings (SSSR count). The van der Waals surface area contributed by atoms with E-state index in [9.17, 15) is 0 Å². The summed E-state index contributed by atoms with van der Waals surface area (Å²) in [6.45, 7) is 4.05. The van der Waals surface area contributed by atoms with Gasteiger partial charge in [-0.25, -0.2) is 4.98 Å². The van der Waals surface area contributed by atoms with E-state index in [0.29, 0.717) is 30.7 Å². The lowest BCUT2D eigenvalue weighted by atomic mass is 10.0. The Kier molecular flexibility index (Phi) is 5.29. The number of benzene rings is 1. The second-order valence-corrected chi connectivity index (χ2v) is 6.35. The highest BCUT2D eigenvalue weighted by atomic mass is 16.5. The number of pyridine rings is 1. The quantitative estimate of drug-likeness (QED) is 0.701. The first-order valence-corrected chi connectivity index (χ1v) is 9.20. The molecule has 1 unspecified atom stereocenters. The number of rotatable bonds is 6. The third-order valence-corrected chi connectivity index (χ3v) is 4.43. The van der Waals surface area contributed by atoms with Gasteiger partial charge in [-0.2, -0.15) is 4.98 Å². The number of nitrogens with zero attached hydrogens (tertiary/aromatic N) is 3. The van der Waals surface area contributed by atoms with E-state index < -0.39 is 0 Å². The van der Waals surface area contributed by atoms with Crippen molar-refractivity contribution >= 4 is 11.5 Å². The predicted molar refractivity (Wildman–Crippen MR) is 101 cm³/mol. The Morgan fingerprint density at radius 1 is 1.22 bits per heavy atom. The SMILES string of the molecule is CCOc1ccc(Nc2ncccc2-c2nc(C3CCCOC3)no2)cc1. The largest absolute Gasteiger partial charge is 0.494 e. The van der Waals surface area contributed by atoms with Crippen molar-refractivity contribution in [2.45, 2.75) is 25.7 Å². The van der Waals surface area contributed by atoms with Crippen molar-refractivity contribution in [3.63, 3.8) is 0 Å². The molecule has 1 aliphatic heterocycles. The lowest BCUT2D eigenvalue weighted by Crippen LogP contribution is -2.16. The monoisotopic (exact) mass is 366 g/mol. The van der Waals surface area contributed by atoms with Crippen LogP contribution in [0.25, 0.3) is 11.5 Å². The first-order chi connectivity index (χ1) is 13.3. The molecule has 7 nitrogen and oxygen atoms in total. The van der Waals surface area contributed by atoms with Gasteiger partial charge in [-0.05, 0) is 56.2 Å². The van der Waals surface area contributed by atoms with Gasteiger partial charge in [0, 0.05) is 24.4 Å². The molecular weight excluding hydrogens is 344 g/mol. The van der Waals surface area contributed by atoms with Crippen molar-refractivity contribution in [3.8, 4) is 17.2 Å². The molecule has 1 saturated heterocycles. The molecule has 0 spiro atoms. The maximum absolute atomic E-state index is 5.52. The fraction of sp³-hybridized carbons (Fsp3) is 0.350. The Morgan fingerprint density at radius 2 is 2.11 bits per heavy atom. The Morgan fingerprint density at radius 3 is 2.89 bits per heavy atom. The van der Waals surface area contributed by atoms with Crippen LogP contribution in [0.15, 0.2) is 47.1 Å². The van der Waals surface area contributed by atoms with Gasteiger partial charge in [0.15, 0.2) is 5.82 Å². The molecular formula is C20H22N4O3. The first kappa shape index (κ1) is 17.5. The molecule has 27 heavy (non-hydrogen) atoms. The molecule has 140 valence electrons. The molecule has 0 bridgehead atoms. The van der Waals surface area contributed by atoms with Crippen LogP contribution in [-0.4, -0.2) is 34.9 Å². The zero-order chi connectivity index (χ0) is 18.5. The van der Waals surface area contributed by atoms with Crippen molar-refractivity contribution in [2.75, 3.05) is 25.1 Å². The fourth-order valence-corrected chi connectivity index (χ4v) is 3.07. The van der Waals surface area contributed by atoms with Crippen LogP contribution >= 0.6 is 0 Å². The van der Waals surface area contributed by atoms with E-state index in [1.165, 1.54) is 0 Å². The molecule has 0 radical (unpaired) electrons. The highest BCUT2D eigenvalue weighted by Gasteiger charge is 2.23. The van der Waals surface area contributed by atoms with Gasteiger partial charge in [-0.15, -0.1) is 0 Å². The lowest BCUT2D eigenvalue weighted by molar-refractivity contribution is 0.0773. The summed E-state index contributed by atoms with van der Waals surface area (Å²) in [6, 6.07) is 11.5. The Hall–Kier alpha value is -2.93. The first-order valence-electron chi connectivity index (χ1n) is 9.20. The molecule has 7 heteroatoms. The summed E-state index contributed by atoms with van der Waals surface area (Å²) < 4.78 is 16.5.